The van der Waals surface area contributed by atoms with Gasteiger partial charge in [0.25, 0.3) is 0 Å². The zero-order chi connectivity index (χ0) is 19.1. The largest absolute Gasteiger partial charge is 0.359 e. The molecule has 26 heavy (non-hydrogen) atoms. The van der Waals surface area contributed by atoms with E-state index in [-0.39, 0.29) is 15.6 Å². The molecule has 1 atom stereocenters. The van der Waals surface area contributed by atoms with Gasteiger partial charge in [0.05, 0.1) is 16.3 Å². The van der Waals surface area contributed by atoms with Crippen LogP contribution < -0.4 is 0 Å². The number of hydrogen-bond acceptors (Lipinski definition) is 4. The van der Waals surface area contributed by atoms with Crippen LogP contribution in [0, 0.1) is 12.7 Å². The standard InChI is InChI=1S/C18H22ClFN2O3S/c1-11-17(26(3,23)24)22-16(21-11)15(25-18(2)8-4-5-9-18)12-6-7-14(20)13(19)10-12/h6-7,10,15H,4-5,8-9H2,1-3H3,(H,21,22). The summed E-state index contributed by atoms with van der Waals surface area (Å²) >= 11 is 5.95. The van der Waals surface area contributed by atoms with Crippen molar-refractivity contribution in [2.75, 3.05) is 6.26 Å². The molecule has 0 bridgehead atoms. The van der Waals surface area contributed by atoms with E-state index in [0.29, 0.717) is 17.1 Å². The predicted octanol–water partition coefficient (Wildman–Crippen LogP) is 4.35. The van der Waals surface area contributed by atoms with Gasteiger partial charge in [-0.05, 0) is 44.4 Å². The number of imidazole rings is 1. The summed E-state index contributed by atoms with van der Waals surface area (Å²) < 4.78 is 43.8. The third kappa shape index (κ3) is 3.94. The molecule has 5 nitrogen and oxygen atoms in total. The molecule has 1 unspecified atom stereocenters. The molecule has 142 valence electrons. The minimum atomic E-state index is -3.47. The third-order valence-electron chi connectivity index (χ3n) is 4.77. The predicted molar refractivity (Wildman–Crippen MR) is 97.6 cm³/mol. The van der Waals surface area contributed by atoms with E-state index in [0.717, 1.165) is 31.9 Å². The molecule has 0 spiro atoms. The van der Waals surface area contributed by atoms with E-state index >= 15 is 0 Å². The molecule has 1 aliphatic carbocycles. The van der Waals surface area contributed by atoms with E-state index in [9.17, 15) is 12.8 Å². The van der Waals surface area contributed by atoms with E-state index in [2.05, 4.69) is 9.97 Å². The highest BCUT2D eigenvalue weighted by Crippen LogP contribution is 2.39. The Kier molecular flexibility index (Phi) is 5.16. The second-order valence-electron chi connectivity index (χ2n) is 7.15. The van der Waals surface area contributed by atoms with Crippen LogP contribution in [-0.2, 0) is 14.6 Å². The number of rotatable bonds is 5. The summed E-state index contributed by atoms with van der Waals surface area (Å²) in [5, 5.41) is -0.0230. The average molecular weight is 401 g/mol. The Labute approximate surface area is 157 Å². The fourth-order valence-corrected chi connectivity index (χ4v) is 4.49. The lowest BCUT2D eigenvalue weighted by molar-refractivity contribution is -0.0665. The van der Waals surface area contributed by atoms with Gasteiger partial charge in [-0.1, -0.05) is 30.5 Å². The molecule has 2 aromatic rings. The molecule has 1 heterocycles. The summed E-state index contributed by atoms with van der Waals surface area (Å²) in [6.45, 7) is 3.68. The minimum Gasteiger partial charge on any atom is -0.359 e. The highest BCUT2D eigenvalue weighted by molar-refractivity contribution is 7.90. The number of aromatic nitrogens is 2. The van der Waals surface area contributed by atoms with Crippen LogP contribution >= 0.6 is 11.6 Å². The van der Waals surface area contributed by atoms with Crippen LogP contribution in [0.2, 0.25) is 5.02 Å². The maximum Gasteiger partial charge on any atom is 0.194 e. The second kappa shape index (κ2) is 6.94. The SMILES string of the molecule is Cc1[nH]c(C(OC2(C)CCCC2)c2ccc(F)c(Cl)c2)nc1S(C)(=O)=O. The molecule has 8 heteroatoms. The van der Waals surface area contributed by atoms with Crippen molar-refractivity contribution in [3.05, 3.63) is 46.1 Å². The minimum absolute atomic E-state index is 0.00844. The van der Waals surface area contributed by atoms with E-state index in [1.807, 2.05) is 6.92 Å². The lowest BCUT2D eigenvalue weighted by atomic mass is 10.0. The number of nitrogens with one attached hydrogen (secondary N) is 1. The summed E-state index contributed by atoms with van der Waals surface area (Å²) in [6.07, 6.45) is 4.39. The molecule has 1 fully saturated rings. The normalized spacial score (nSPS) is 18.2. The summed E-state index contributed by atoms with van der Waals surface area (Å²) in [6, 6.07) is 4.36. The van der Waals surface area contributed by atoms with Gasteiger partial charge in [0.2, 0.25) is 0 Å². The van der Waals surface area contributed by atoms with E-state index in [1.54, 1.807) is 13.0 Å². The number of sulfone groups is 1. The quantitative estimate of drug-likeness (QED) is 0.809. The van der Waals surface area contributed by atoms with Crippen LogP contribution in [0.5, 0.6) is 0 Å². The maximum atomic E-state index is 13.6. The molecule has 0 saturated heterocycles. The second-order valence-corrected chi connectivity index (χ2v) is 9.49. The molecule has 0 amide bonds. The number of aromatic amines is 1. The number of halogens is 2. The number of H-pyrrole nitrogens is 1. The molecule has 1 aromatic carbocycles. The Bertz CT molecular complexity index is 921. The summed E-state index contributed by atoms with van der Waals surface area (Å²) in [7, 11) is -3.47. The summed E-state index contributed by atoms with van der Waals surface area (Å²) in [5.41, 5.74) is 0.719. The molecule has 3 rings (SSSR count). The van der Waals surface area contributed by atoms with Crippen LogP contribution in [0.3, 0.4) is 0 Å². The molecular formula is C18H22ClFN2O3S. The van der Waals surface area contributed by atoms with Crippen molar-refractivity contribution >= 4 is 21.4 Å². The van der Waals surface area contributed by atoms with E-state index in [1.165, 1.54) is 12.1 Å². The van der Waals surface area contributed by atoms with Crippen molar-refractivity contribution in [1.82, 2.24) is 9.97 Å². The van der Waals surface area contributed by atoms with Gasteiger partial charge >= 0.3 is 0 Å². The van der Waals surface area contributed by atoms with Crippen LogP contribution in [0.1, 0.15) is 55.8 Å². The maximum absolute atomic E-state index is 13.6. The van der Waals surface area contributed by atoms with Gasteiger partial charge < -0.3 is 9.72 Å². The first-order chi connectivity index (χ1) is 12.1. The Balaban J connectivity index is 2.07. The Hall–Kier alpha value is -1.44. The molecule has 0 aliphatic heterocycles. The molecule has 1 aromatic heterocycles. The van der Waals surface area contributed by atoms with Crippen LogP contribution in [0.4, 0.5) is 4.39 Å². The van der Waals surface area contributed by atoms with E-state index in [4.69, 9.17) is 16.3 Å². The number of nitrogens with zero attached hydrogens (tertiary/aromatic N) is 1. The number of hydrogen-bond donors (Lipinski definition) is 1. The van der Waals surface area contributed by atoms with Crippen molar-refractivity contribution in [1.29, 1.82) is 0 Å². The monoisotopic (exact) mass is 400 g/mol. The zero-order valence-corrected chi connectivity index (χ0v) is 16.5. The van der Waals surface area contributed by atoms with Crippen LogP contribution in [0.25, 0.3) is 0 Å². The van der Waals surface area contributed by atoms with Crippen molar-refractivity contribution in [3.8, 4) is 0 Å². The third-order valence-corrected chi connectivity index (χ3v) is 6.16. The number of aryl methyl sites for hydroxylation is 1. The Morgan fingerprint density at radius 2 is 2.00 bits per heavy atom. The molecule has 0 radical (unpaired) electrons. The fraction of sp³-hybridized carbons (Fsp3) is 0.500. The molecule has 1 N–H and O–H groups in total. The average Bonchev–Trinajstić information content (AvgIpc) is 3.14. The first-order valence-electron chi connectivity index (χ1n) is 8.48. The highest BCUT2D eigenvalue weighted by Gasteiger charge is 2.35. The lowest BCUT2D eigenvalue weighted by Gasteiger charge is -2.30. The first kappa shape index (κ1) is 19.3. The van der Waals surface area contributed by atoms with Crippen molar-refractivity contribution in [2.24, 2.45) is 0 Å². The molecular weight excluding hydrogens is 379 g/mol. The number of ether oxygens (including phenoxy) is 1. The van der Waals surface area contributed by atoms with Crippen LogP contribution in [0.15, 0.2) is 23.2 Å². The molecule has 1 aliphatic rings. The summed E-state index contributed by atoms with van der Waals surface area (Å²) in [5.74, 6) is -0.146. The zero-order valence-electron chi connectivity index (χ0n) is 15.0. The smallest absolute Gasteiger partial charge is 0.194 e. The topological polar surface area (TPSA) is 72.0 Å². The fourth-order valence-electron chi connectivity index (χ4n) is 3.43. The lowest BCUT2D eigenvalue weighted by Crippen LogP contribution is -2.28. The van der Waals surface area contributed by atoms with Gasteiger partial charge in [-0.2, -0.15) is 0 Å². The Morgan fingerprint density at radius 1 is 1.35 bits per heavy atom. The van der Waals surface area contributed by atoms with E-state index < -0.39 is 21.8 Å². The van der Waals surface area contributed by atoms with Gasteiger partial charge in [-0.25, -0.2) is 17.8 Å². The van der Waals surface area contributed by atoms with Crippen molar-refractivity contribution < 1.29 is 17.5 Å². The Morgan fingerprint density at radius 3 is 2.54 bits per heavy atom. The van der Waals surface area contributed by atoms with Crippen molar-refractivity contribution in [3.63, 3.8) is 0 Å². The van der Waals surface area contributed by atoms with Gasteiger partial charge in [0, 0.05) is 6.26 Å². The van der Waals surface area contributed by atoms with Gasteiger partial charge in [0.15, 0.2) is 14.9 Å². The first-order valence-corrected chi connectivity index (χ1v) is 10.8. The van der Waals surface area contributed by atoms with Crippen molar-refractivity contribution in [2.45, 2.75) is 56.3 Å². The molecule has 1 saturated carbocycles. The summed E-state index contributed by atoms with van der Waals surface area (Å²) in [4.78, 5) is 7.30. The highest BCUT2D eigenvalue weighted by atomic mass is 35.5. The van der Waals surface area contributed by atoms with Gasteiger partial charge in [0.1, 0.15) is 17.7 Å². The van der Waals surface area contributed by atoms with Gasteiger partial charge in [-0.3, -0.25) is 0 Å². The number of benzene rings is 1. The van der Waals surface area contributed by atoms with Gasteiger partial charge in [-0.15, -0.1) is 0 Å². The van der Waals surface area contributed by atoms with Crippen LogP contribution in [-0.4, -0.2) is 30.2 Å².